The summed E-state index contributed by atoms with van der Waals surface area (Å²) in [5.41, 5.74) is 1.26. The van der Waals surface area contributed by atoms with Gasteiger partial charge in [-0.1, -0.05) is 32.0 Å². The number of carbonyl (C=O) groups is 1. The first-order valence-corrected chi connectivity index (χ1v) is 10.4. The molecule has 1 aromatic heterocycles. The van der Waals surface area contributed by atoms with Crippen LogP contribution in [0.15, 0.2) is 34.5 Å². The largest absolute Gasteiger partial charge is 0.493 e. The highest BCUT2D eigenvalue weighted by Gasteiger charge is 2.17. The number of nitrogens with zero attached hydrogens (tertiary/aromatic N) is 5. The van der Waals surface area contributed by atoms with Crippen LogP contribution in [0.1, 0.15) is 20.3 Å². The summed E-state index contributed by atoms with van der Waals surface area (Å²) < 4.78 is 7.16. The molecule has 158 valence electrons. The number of fused-ring (bicyclic) bond motifs is 1. The summed E-state index contributed by atoms with van der Waals surface area (Å²) in [5.74, 6) is -0.223. The van der Waals surface area contributed by atoms with Crippen molar-refractivity contribution >= 4 is 22.5 Å². The molecule has 0 radical (unpaired) electrons. The van der Waals surface area contributed by atoms with Crippen LogP contribution in [0.2, 0.25) is 0 Å². The normalized spacial score (nSPS) is 15.7. The molecule has 0 bridgehead atoms. The molecule has 0 saturated carbocycles. The van der Waals surface area contributed by atoms with E-state index >= 15 is 0 Å². The highest BCUT2D eigenvalue weighted by atomic mass is 16.5. The van der Waals surface area contributed by atoms with Crippen molar-refractivity contribution in [2.24, 2.45) is 10.2 Å². The van der Waals surface area contributed by atoms with Crippen molar-refractivity contribution < 1.29 is 14.6 Å². The van der Waals surface area contributed by atoms with Crippen molar-refractivity contribution in [3.05, 3.63) is 24.3 Å². The van der Waals surface area contributed by atoms with E-state index in [1.165, 1.54) is 0 Å². The van der Waals surface area contributed by atoms with Gasteiger partial charge >= 0.3 is 0 Å². The minimum atomic E-state index is -0.282. The Kier molecular flexibility index (Phi) is 7.74. The topological polar surface area (TPSA) is 82.7 Å². The zero-order valence-corrected chi connectivity index (χ0v) is 17.4. The fourth-order valence-corrected chi connectivity index (χ4v) is 3.61. The van der Waals surface area contributed by atoms with E-state index in [0.29, 0.717) is 38.4 Å². The zero-order chi connectivity index (χ0) is 20.6. The second-order valence-electron chi connectivity index (χ2n) is 7.17. The maximum absolute atomic E-state index is 12.2. The van der Waals surface area contributed by atoms with Crippen LogP contribution in [0.3, 0.4) is 0 Å². The number of morpholine rings is 1. The van der Waals surface area contributed by atoms with E-state index in [9.17, 15) is 9.90 Å². The van der Waals surface area contributed by atoms with Gasteiger partial charge in [0.15, 0.2) is 5.69 Å². The Labute approximate surface area is 171 Å². The van der Waals surface area contributed by atoms with Gasteiger partial charge in [0.05, 0.1) is 18.7 Å². The van der Waals surface area contributed by atoms with Crippen LogP contribution < -0.4 is 0 Å². The first-order valence-electron chi connectivity index (χ1n) is 10.4. The Balaban J connectivity index is 1.72. The van der Waals surface area contributed by atoms with E-state index in [1.807, 2.05) is 28.8 Å². The molecule has 1 aliphatic heterocycles. The molecule has 0 unspecified atom stereocenters. The maximum Gasteiger partial charge on any atom is 0.266 e. The molecule has 0 aliphatic carbocycles. The molecule has 1 fully saturated rings. The lowest BCUT2D eigenvalue weighted by molar-refractivity contribution is -0.118. The molecule has 0 spiro atoms. The Morgan fingerprint density at radius 1 is 1.17 bits per heavy atom. The summed E-state index contributed by atoms with van der Waals surface area (Å²) in [6.07, 6.45) is 0.310. The third-order valence-corrected chi connectivity index (χ3v) is 5.46. The maximum atomic E-state index is 12.2. The minimum absolute atomic E-state index is 0.0584. The highest BCUT2D eigenvalue weighted by Crippen LogP contribution is 2.38. The zero-order valence-electron chi connectivity index (χ0n) is 17.4. The fraction of sp³-hybridized carbons (Fsp3) is 0.571. The molecule has 0 atom stereocenters. The fourth-order valence-electron chi connectivity index (χ4n) is 3.61. The summed E-state index contributed by atoms with van der Waals surface area (Å²) in [4.78, 5) is 16.7. The number of amides is 1. The van der Waals surface area contributed by atoms with Crippen LogP contribution in [-0.4, -0.2) is 77.9 Å². The lowest BCUT2D eigenvalue weighted by Crippen LogP contribution is -2.37. The minimum Gasteiger partial charge on any atom is -0.493 e. The molecule has 3 rings (SSSR count). The van der Waals surface area contributed by atoms with E-state index in [1.54, 1.807) is 0 Å². The van der Waals surface area contributed by atoms with Gasteiger partial charge in [-0.15, -0.1) is 10.2 Å². The SMILES string of the molecule is CCN(CC)CCn1c(O)c(N=NC(=O)CCN2CCOCC2)c2ccccc21. The van der Waals surface area contributed by atoms with E-state index in [-0.39, 0.29) is 11.8 Å². The van der Waals surface area contributed by atoms with E-state index < -0.39 is 0 Å². The molecule has 1 saturated heterocycles. The smallest absolute Gasteiger partial charge is 0.266 e. The molecule has 8 heteroatoms. The van der Waals surface area contributed by atoms with Gasteiger partial charge in [0.2, 0.25) is 5.88 Å². The average Bonchev–Trinajstić information content (AvgIpc) is 3.03. The number of rotatable bonds is 9. The third kappa shape index (κ3) is 5.41. The van der Waals surface area contributed by atoms with Crippen LogP contribution in [0.4, 0.5) is 5.69 Å². The number of benzene rings is 1. The molecular formula is C21H31N5O3. The molecule has 2 aromatic rings. The van der Waals surface area contributed by atoms with Gasteiger partial charge in [0, 0.05) is 44.5 Å². The standard InChI is InChI=1S/C21H31N5O3/c1-3-24(4-2)11-12-26-18-8-6-5-7-17(18)20(21(26)28)23-22-19(27)9-10-25-13-15-29-16-14-25/h5-8,28H,3-4,9-16H2,1-2H3. The van der Waals surface area contributed by atoms with Crippen molar-refractivity contribution in [3.63, 3.8) is 0 Å². The first kappa shape index (κ1) is 21.4. The number of likely N-dealkylation sites (N-methyl/N-ethyl adjacent to an activating group) is 1. The number of aromatic hydroxyl groups is 1. The van der Waals surface area contributed by atoms with Crippen LogP contribution in [0.5, 0.6) is 5.88 Å². The molecule has 1 aromatic carbocycles. The molecule has 29 heavy (non-hydrogen) atoms. The summed E-state index contributed by atoms with van der Waals surface area (Å²) >= 11 is 0. The monoisotopic (exact) mass is 401 g/mol. The summed E-state index contributed by atoms with van der Waals surface area (Å²) in [7, 11) is 0. The molecule has 1 amide bonds. The highest BCUT2D eigenvalue weighted by molar-refractivity contribution is 5.95. The Bertz CT molecular complexity index is 838. The quantitative estimate of drug-likeness (QED) is 0.653. The number of azo groups is 1. The number of ether oxygens (including phenoxy) is 1. The van der Waals surface area contributed by atoms with E-state index in [4.69, 9.17) is 4.74 Å². The molecule has 2 heterocycles. The lowest BCUT2D eigenvalue weighted by Gasteiger charge is -2.25. The summed E-state index contributed by atoms with van der Waals surface area (Å²) in [5, 5.41) is 19.6. The van der Waals surface area contributed by atoms with Gasteiger partial charge in [0.25, 0.3) is 5.91 Å². The predicted molar refractivity (Wildman–Crippen MR) is 113 cm³/mol. The Hall–Kier alpha value is -2.29. The predicted octanol–water partition coefficient (Wildman–Crippen LogP) is 3.02. The van der Waals surface area contributed by atoms with Crippen molar-refractivity contribution in [2.75, 3.05) is 52.5 Å². The summed E-state index contributed by atoms with van der Waals surface area (Å²) in [6, 6.07) is 7.69. The van der Waals surface area contributed by atoms with Gasteiger partial charge in [-0.3, -0.25) is 9.69 Å². The van der Waals surface area contributed by atoms with E-state index in [2.05, 4.69) is 33.9 Å². The van der Waals surface area contributed by atoms with Crippen LogP contribution in [-0.2, 0) is 16.1 Å². The van der Waals surface area contributed by atoms with Gasteiger partial charge in [-0.05, 0) is 19.2 Å². The van der Waals surface area contributed by atoms with Crippen LogP contribution in [0, 0.1) is 0 Å². The third-order valence-electron chi connectivity index (χ3n) is 5.46. The number of para-hydroxylation sites is 1. The van der Waals surface area contributed by atoms with Crippen molar-refractivity contribution in [1.82, 2.24) is 14.4 Å². The second kappa shape index (κ2) is 10.5. The number of hydrogen-bond donors (Lipinski definition) is 1. The number of carbonyl (C=O) groups excluding carboxylic acids is 1. The number of hydrogen-bond acceptors (Lipinski definition) is 6. The second-order valence-corrected chi connectivity index (χ2v) is 7.17. The van der Waals surface area contributed by atoms with Gasteiger partial charge in [-0.25, -0.2) is 0 Å². The van der Waals surface area contributed by atoms with Crippen molar-refractivity contribution in [2.45, 2.75) is 26.8 Å². The number of aromatic nitrogens is 1. The summed E-state index contributed by atoms with van der Waals surface area (Å²) in [6.45, 7) is 11.4. The van der Waals surface area contributed by atoms with Gasteiger partial charge in [0.1, 0.15) is 0 Å². The molecule has 1 aliphatic rings. The van der Waals surface area contributed by atoms with Crippen molar-refractivity contribution in [1.29, 1.82) is 0 Å². The van der Waals surface area contributed by atoms with E-state index in [0.717, 1.165) is 43.6 Å². The molecule has 8 nitrogen and oxygen atoms in total. The lowest BCUT2D eigenvalue weighted by atomic mass is 10.2. The average molecular weight is 402 g/mol. The van der Waals surface area contributed by atoms with Crippen LogP contribution >= 0.6 is 0 Å². The van der Waals surface area contributed by atoms with Crippen LogP contribution in [0.25, 0.3) is 10.9 Å². The van der Waals surface area contributed by atoms with Gasteiger partial charge < -0.3 is 19.3 Å². The Morgan fingerprint density at radius 2 is 1.90 bits per heavy atom. The molecular weight excluding hydrogens is 370 g/mol. The first-order chi connectivity index (χ1) is 14.1. The van der Waals surface area contributed by atoms with Crippen molar-refractivity contribution in [3.8, 4) is 5.88 Å². The van der Waals surface area contributed by atoms with Gasteiger partial charge in [-0.2, -0.15) is 0 Å². The Morgan fingerprint density at radius 3 is 2.62 bits per heavy atom. The molecule has 1 N–H and O–H groups in total.